The minimum atomic E-state index is -0.827. The number of aliphatic carboxylic acids is 1. The molecule has 0 radical (unpaired) electrons. The van der Waals surface area contributed by atoms with E-state index < -0.39 is 11.9 Å². The molecule has 1 aromatic rings. The molecule has 0 aromatic heterocycles. The fourth-order valence-corrected chi connectivity index (χ4v) is 3.47. The number of nitrogens with zero attached hydrogens (tertiary/aromatic N) is 1. The van der Waals surface area contributed by atoms with E-state index in [4.69, 9.17) is 11.6 Å². The topological polar surface area (TPSA) is 57.6 Å². The van der Waals surface area contributed by atoms with Gasteiger partial charge in [0.15, 0.2) is 0 Å². The van der Waals surface area contributed by atoms with Crippen LogP contribution in [-0.4, -0.2) is 34.5 Å². The van der Waals surface area contributed by atoms with Gasteiger partial charge in [-0.25, -0.2) is 0 Å². The third-order valence-corrected chi connectivity index (χ3v) is 4.73. The smallest absolute Gasteiger partial charge is 0.308 e. The Morgan fingerprint density at radius 1 is 1.36 bits per heavy atom. The number of carbonyl (C=O) groups is 2. The fourth-order valence-electron chi connectivity index (χ4n) is 3.27. The Bertz CT molecular complexity index is 573. The second-order valence-electron chi connectivity index (χ2n) is 6.28. The quantitative estimate of drug-likeness (QED) is 0.924. The molecule has 0 saturated carbocycles. The van der Waals surface area contributed by atoms with E-state index in [-0.39, 0.29) is 23.8 Å². The summed E-state index contributed by atoms with van der Waals surface area (Å²) in [6.45, 7) is 6.32. The molecule has 3 atom stereocenters. The van der Waals surface area contributed by atoms with Crippen LogP contribution in [0, 0.1) is 11.8 Å². The normalized spacial score (nSPS) is 22.9. The molecule has 3 unspecified atom stereocenters. The van der Waals surface area contributed by atoms with Gasteiger partial charge in [-0.3, -0.25) is 9.59 Å². The molecule has 0 spiro atoms. The molecule has 1 saturated heterocycles. The predicted octanol–water partition coefficient (Wildman–Crippen LogP) is 3.40. The molecule has 1 N–H and O–H groups in total. The van der Waals surface area contributed by atoms with Gasteiger partial charge in [-0.1, -0.05) is 37.6 Å². The van der Waals surface area contributed by atoms with Gasteiger partial charge in [-0.05, 0) is 37.0 Å². The van der Waals surface area contributed by atoms with Crippen LogP contribution in [0.2, 0.25) is 5.02 Å². The zero-order valence-corrected chi connectivity index (χ0v) is 13.9. The molecule has 1 aliphatic rings. The molecule has 1 fully saturated rings. The SMILES string of the molecule is CC(C)C(C(=O)N1CCC(C(=O)O)C1C)c1cccc(Cl)c1. The van der Waals surface area contributed by atoms with Crippen LogP contribution in [0.15, 0.2) is 24.3 Å². The highest BCUT2D eigenvalue weighted by molar-refractivity contribution is 6.30. The Labute approximate surface area is 136 Å². The molecular weight excluding hydrogens is 302 g/mol. The van der Waals surface area contributed by atoms with E-state index in [1.54, 1.807) is 11.0 Å². The van der Waals surface area contributed by atoms with Crippen molar-refractivity contribution in [1.82, 2.24) is 4.90 Å². The van der Waals surface area contributed by atoms with Gasteiger partial charge in [0.25, 0.3) is 0 Å². The van der Waals surface area contributed by atoms with Crippen molar-refractivity contribution in [3.8, 4) is 0 Å². The summed E-state index contributed by atoms with van der Waals surface area (Å²) in [7, 11) is 0. The summed E-state index contributed by atoms with van der Waals surface area (Å²) in [6, 6.07) is 7.08. The molecule has 0 aliphatic carbocycles. The molecule has 1 aromatic carbocycles. The molecule has 22 heavy (non-hydrogen) atoms. The number of benzene rings is 1. The van der Waals surface area contributed by atoms with Gasteiger partial charge >= 0.3 is 5.97 Å². The van der Waals surface area contributed by atoms with Crippen LogP contribution >= 0.6 is 11.6 Å². The number of rotatable bonds is 4. The molecule has 0 bridgehead atoms. The van der Waals surface area contributed by atoms with Gasteiger partial charge in [0, 0.05) is 17.6 Å². The van der Waals surface area contributed by atoms with Crippen LogP contribution < -0.4 is 0 Å². The number of carbonyl (C=O) groups excluding carboxylic acids is 1. The minimum Gasteiger partial charge on any atom is -0.481 e. The van der Waals surface area contributed by atoms with Crippen LogP contribution in [-0.2, 0) is 9.59 Å². The van der Waals surface area contributed by atoms with Gasteiger partial charge in [-0.2, -0.15) is 0 Å². The summed E-state index contributed by atoms with van der Waals surface area (Å²) in [5, 5.41) is 9.83. The van der Waals surface area contributed by atoms with Crippen molar-refractivity contribution in [2.24, 2.45) is 11.8 Å². The van der Waals surface area contributed by atoms with E-state index in [1.807, 2.05) is 39.0 Å². The Hall–Kier alpha value is -1.55. The summed E-state index contributed by atoms with van der Waals surface area (Å²) >= 11 is 6.05. The maximum Gasteiger partial charge on any atom is 0.308 e. The van der Waals surface area contributed by atoms with Gasteiger partial charge < -0.3 is 10.0 Å². The Kier molecular flexibility index (Phi) is 5.12. The van der Waals surface area contributed by atoms with Gasteiger partial charge in [-0.15, -0.1) is 0 Å². The molecular formula is C17H22ClNO3. The van der Waals surface area contributed by atoms with Crippen LogP contribution in [0.5, 0.6) is 0 Å². The summed E-state index contributed by atoms with van der Waals surface area (Å²) < 4.78 is 0. The Morgan fingerprint density at radius 3 is 2.55 bits per heavy atom. The first-order valence-electron chi connectivity index (χ1n) is 7.61. The first-order valence-corrected chi connectivity index (χ1v) is 7.99. The van der Waals surface area contributed by atoms with Crippen molar-refractivity contribution in [3.05, 3.63) is 34.9 Å². The lowest BCUT2D eigenvalue weighted by Gasteiger charge is -2.30. The van der Waals surface area contributed by atoms with Crippen molar-refractivity contribution >= 4 is 23.5 Å². The van der Waals surface area contributed by atoms with E-state index in [9.17, 15) is 14.7 Å². The Morgan fingerprint density at radius 2 is 2.05 bits per heavy atom. The number of halogens is 1. The zero-order chi connectivity index (χ0) is 16.4. The number of carboxylic acids is 1. The highest BCUT2D eigenvalue weighted by Crippen LogP contribution is 2.33. The van der Waals surface area contributed by atoms with Gasteiger partial charge in [0.1, 0.15) is 0 Å². The van der Waals surface area contributed by atoms with Crippen molar-refractivity contribution < 1.29 is 14.7 Å². The molecule has 120 valence electrons. The largest absolute Gasteiger partial charge is 0.481 e. The summed E-state index contributed by atoms with van der Waals surface area (Å²) in [6.07, 6.45) is 0.516. The second kappa shape index (κ2) is 6.69. The standard InChI is InChI=1S/C17H22ClNO3/c1-10(2)15(12-5-4-6-13(18)9-12)16(20)19-8-7-14(11(19)3)17(21)22/h4-6,9-11,14-15H,7-8H2,1-3H3,(H,21,22). The van der Waals surface area contributed by atoms with Crippen molar-refractivity contribution in [2.75, 3.05) is 6.54 Å². The lowest BCUT2D eigenvalue weighted by atomic mass is 9.87. The maximum absolute atomic E-state index is 13.0. The third-order valence-electron chi connectivity index (χ3n) is 4.50. The third kappa shape index (κ3) is 3.27. The van der Waals surface area contributed by atoms with Crippen molar-refractivity contribution in [2.45, 2.75) is 39.2 Å². The van der Waals surface area contributed by atoms with Gasteiger partial charge in [0.05, 0.1) is 11.8 Å². The van der Waals surface area contributed by atoms with E-state index in [1.165, 1.54) is 0 Å². The monoisotopic (exact) mass is 323 g/mol. The number of hydrogen-bond acceptors (Lipinski definition) is 2. The van der Waals surface area contributed by atoms with E-state index in [0.29, 0.717) is 18.0 Å². The number of amides is 1. The molecule has 1 aliphatic heterocycles. The van der Waals surface area contributed by atoms with Gasteiger partial charge in [0.2, 0.25) is 5.91 Å². The summed E-state index contributed by atoms with van der Waals surface area (Å²) in [5.74, 6) is -1.49. The number of likely N-dealkylation sites (tertiary alicyclic amines) is 1. The van der Waals surface area contributed by atoms with Crippen LogP contribution in [0.3, 0.4) is 0 Å². The molecule has 4 nitrogen and oxygen atoms in total. The van der Waals surface area contributed by atoms with E-state index in [0.717, 1.165) is 5.56 Å². The van der Waals surface area contributed by atoms with Crippen molar-refractivity contribution in [3.63, 3.8) is 0 Å². The number of hydrogen-bond donors (Lipinski definition) is 1. The molecule has 1 heterocycles. The van der Waals surface area contributed by atoms with Crippen LogP contribution in [0.1, 0.15) is 38.7 Å². The lowest BCUT2D eigenvalue weighted by Crippen LogP contribution is -2.41. The lowest BCUT2D eigenvalue weighted by molar-refractivity contribution is -0.143. The minimum absolute atomic E-state index is 0.00600. The highest BCUT2D eigenvalue weighted by atomic mass is 35.5. The molecule has 1 amide bonds. The summed E-state index contributed by atoms with van der Waals surface area (Å²) in [4.78, 5) is 25.9. The predicted molar refractivity (Wildman–Crippen MR) is 85.9 cm³/mol. The highest BCUT2D eigenvalue weighted by Gasteiger charge is 2.41. The first kappa shape index (κ1) is 16.8. The molecule has 2 rings (SSSR count). The summed E-state index contributed by atoms with van der Waals surface area (Å²) in [5.41, 5.74) is 0.887. The van der Waals surface area contributed by atoms with E-state index in [2.05, 4.69) is 0 Å². The zero-order valence-electron chi connectivity index (χ0n) is 13.1. The Balaban J connectivity index is 2.27. The first-order chi connectivity index (χ1) is 10.3. The van der Waals surface area contributed by atoms with Crippen LogP contribution in [0.25, 0.3) is 0 Å². The average Bonchev–Trinajstić information content (AvgIpc) is 2.80. The van der Waals surface area contributed by atoms with E-state index >= 15 is 0 Å². The fraction of sp³-hybridized carbons (Fsp3) is 0.529. The molecule has 5 heteroatoms. The average molecular weight is 324 g/mol. The second-order valence-corrected chi connectivity index (χ2v) is 6.72. The number of carboxylic acid groups (broad SMARTS) is 1. The van der Waals surface area contributed by atoms with Crippen LogP contribution in [0.4, 0.5) is 0 Å². The van der Waals surface area contributed by atoms with Crippen molar-refractivity contribution in [1.29, 1.82) is 0 Å². The maximum atomic E-state index is 13.0.